The lowest BCUT2D eigenvalue weighted by Crippen LogP contribution is -2.30. The number of aryl methyl sites for hydroxylation is 1. The molecule has 0 saturated heterocycles. The molecule has 0 aliphatic heterocycles. The second-order valence-corrected chi connectivity index (χ2v) is 8.15. The van der Waals surface area contributed by atoms with Crippen LogP contribution in [0.15, 0.2) is 24.3 Å². The van der Waals surface area contributed by atoms with Gasteiger partial charge in [-0.1, -0.05) is 52.0 Å². The van der Waals surface area contributed by atoms with Crippen LogP contribution in [0.1, 0.15) is 54.5 Å². The Kier molecular flexibility index (Phi) is 10.4. The third-order valence-corrected chi connectivity index (χ3v) is 5.81. The van der Waals surface area contributed by atoms with Crippen molar-refractivity contribution in [3.05, 3.63) is 40.4 Å². The lowest BCUT2D eigenvalue weighted by Gasteiger charge is -2.18. The molecule has 1 heterocycles. The summed E-state index contributed by atoms with van der Waals surface area (Å²) in [4.78, 5) is 20.7. The number of thiazole rings is 1. The number of carbonyl (C=O) groups excluding carboxylic acids is 1. The van der Waals surface area contributed by atoms with E-state index in [1.807, 2.05) is 19.1 Å². The molecule has 150 valence electrons. The van der Waals surface area contributed by atoms with Gasteiger partial charge in [-0.3, -0.25) is 4.79 Å². The van der Waals surface area contributed by atoms with Gasteiger partial charge in [-0.15, -0.1) is 11.3 Å². The van der Waals surface area contributed by atoms with Gasteiger partial charge >= 0.3 is 0 Å². The van der Waals surface area contributed by atoms with Crippen LogP contribution in [-0.2, 0) is 0 Å². The molecule has 0 saturated carbocycles. The van der Waals surface area contributed by atoms with Crippen molar-refractivity contribution in [1.29, 1.82) is 0 Å². The maximum atomic E-state index is 10.9. The Morgan fingerprint density at radius 2 is 1.63 bits per heavy atom. The molecule has 0 radical (unpaired) electrons. The lowest BCUT2D eigenvalue weighted by molar-refractivity contribution is 0.112. The van der Waals surface area contributed by atoms with Crippen molar-refractivity contribution < 1.29 is 4.79 Å². The van der Waals surface area contributed by atoms with Gasteiger partial charge < -0.3 is 9.80 Å². The summed E-state index contributed by atoms with van der Waals surface area (Å²) < 4.78 is 0. The predicted octanol–water partition coefficient (Wildman–Crippen LogP) is 4.94. The summed E-state index contributed by atoms with van der Waals surface area (Å²) in [7, 11) is 4.31. The van der Waals surface area contributed by atoms with Crippen molar-refractivity contribution in [2.24, 2.45) is 0 Å². The van der Waals surface area contributed by atoms with E-state index in [1.54, 1.807) is 0 Å². The minimum atomic E-state index is 0.454. The van der Waals surface area contributed by atoms with E-state index in [1.165, 1.54) is 30.0 Å². The average Bonchev–Trinajstić information content (AvgIpc) is 3.06. The van der Waals surface area contributed by atoms with Gasteiger partial charge in [-0.25, -0.2) is 4.98 Å². The minimum Gasteiger partial charge on any atom is -0.305 e. The van der Waals surface area contributed by atoms with Crippen molar-refractivity contribution in [2.75, 3.05) is 40.3 Å². The van der Waals surface area contributed by atoms with Gasteiger partial charge in [-0.05, 0) is 45.6 Å². The van der Waals surface area contributed by atoms with Crippen LogP contribution in [0.2, 0.25) is 0 Å². The Morgan fingerprint density at radius 1 is 1.07 bits per heavy atom. The third-order valence-electron chi connectivity index (χ3n) is 4.70. The van der Waals surface area contributed by atoms with E-state index in [-0.39, 0.29) is 0 Å². The fraction of sp³-hybridized carbons (Fsp3) is 0.545. The van der Waals surface area contributed by atoms with Crippen molar-refractivity contribution in [1.82, 2.24) is 14.8 Å². The van der Waals surface area contributed by atoms with Crippen LogP contribution in [0.3, 0.4) is 0 Å². The van der Waals surface area contributed by atoms with Crippen LogP contribution >= 0.6 is 11.3 Å². The summed E-state index contributed by atoms with van der Waals surface area (Å²) in [5.41, 5.74) is 3.24. The van der Waals surface area contributed by atoms with Gasteiger partial charge in [0.25, 0.3) is 0 Å². The minimum absolute atomic E-state index is 0.454. The number of rotatable bonds is 8. The molecular weight excluding hydrogens is 354 g/mol. The largest absolute Gasteiger partial charge is 0.305 e. The highest BCUT2D eigenvalue weighted by atomic mass is 32.1. The topological polar surface area (TPSA) is 36.4 Å². The highest BCUT2D eigenvalue weighted by molar-refractivity contribution is 7.16. The molecule has 1 aromatic carbocycles. The molecule has 0 spiro atoms. The number of aromatic nitrogens is 1. The first-order chi connectivity index (χ1) is 12.8. The van der Waals surface area contributed by atoms with Gasteiger partial charge in [-0.2, -0.15) is 0 Å². The van der Waals surface area contributed by atoms with Crippen molar-refractivity contribution in [2.45, 2.75) is 40.5 Å². The van der Waals surface area contributed by atoms with E-state index >= 15 is 0 Å². The maximum absolute atomic E-state index is 10.9. The quantitative estimate of drug-likeness (QED) is 0.599. The zero-order chi connectivity index (χ0) is 20.4. The van der Waals surface area contributed by atoms with Gasteiger partial charge in [0, 0.05) is 18.7 Å². The van der Waals surface area contributed by atoms with Crippen molar-refractivity contribution in [3.8, 4) is 10.6 Å². The molecule has 0 amide bonds. The fourth-order valence-electron chi connectivity index (χ4n) is 2.49. The molecule has 0 aliphatic carbocycles. The van der Waals surface area contributed by atoms with Gasteiger partial charge in [0.2, 0.25) is 0 Å². The summed E-state index contributed by atoms with van der Waals surface area (Å²) in [5.74, 6) is 0.454. The van der Waals surface area contributed by atoms with E-state index in [4.69, 9.17) is 0 Å². The number of hydrogen-bond acceptors (Lipinski definition) is 5. The van der Waals surface area contributed by atoms with Crippen LogP contribution in [0.4, 0.5) is 0 Å². The van der Waals surface area contributed by atoms with Crippen molar-refractivity contribution >= 4 is 17.6 Å². The average molecular weight is 390 g/mol. The zero-order valence-corrected chi connectivity index (χ0v) is 18.8. The zero-order valence-electron chi connectivity index (χ0n) is 18.0. The second-order valence-electron chi connectivity index (χ2n) is 7.12. The SMILES string of the molecule is CCN(C)CCN(C)CC.Cc1nc(-c2ccccc2C(C)C)sc1C=O. The first-order valence-electron chi connectivity index (χ1n) is 9.72. The van der Waals surface area contributed by atoms with Crippen LogP contribution in [-0.4, -0.2) is 61.3 Å². The van der Waals surface area contributed by atoms with Crippen LogP contribution < -0.4 is 0 Å². The summed E-state index contributed by atoms with van der Waals surface area (Å²) >= 11 is 1.46. The van der Waals surface area contributed by atoms with E-state index in [2.05, 4.69) is 68.7 Å². The van der Waals surface area contributed by atoms with E-state index in [9.17, 15) is 4.79 Å². The fourth-order valence-corrected chi connectivity index (χ4v) is 3.41. The Labute approximate surface area is 169 Å². The summed E-state index contributed by atoms with van der Waals surface area (Å²) in [5, 5.41) is 0.939. The molecule has 1 aromatic heterocycles. The van der Waals surface area contributed by atoms with Gasteiger partial charge in [0.1, 0.15) is 5.01 Å². The highest BCUT2D eigenvalue weighted by Gasteiger charge is 2.13. The molecule has 0 fully saturated rings. The third kappa shape index (κ3) is 7.53. The Bertz CT molecular complexity index is 687. The summed E-state index contributed by atoms with van der Waals surface area (Å²) in [6.07, 6.45) is 0.883. The number of hydrogen-bond donors (Lipinski definition) is 0. The maximum Gasteiger partial charge on any atom is 0.161 e. The standard InChI is InChI=1S/C14H15NOS.C8H20N2/c1-9(2)11-6-4-5-7-12(11)14-15-10(3)13(8-16)17-14;1-5-9(3)7-8-10(4)6-2/h4-9H,1-3H3;5-8H2,1-4H3. The Balaban J connectivity index is 0.000000314. The summed E-state index contributed by atoms with van der Waals surface area (Å²) in [6.45, 7) is 15.2. The molecule has 0 N–H and O–H groups in total. The molecule has 0 unspecified atom stereocenters. The van der Waals surface area contributed by atoms with Crippen LogP contribution in [0, 0.1) is 6.92 Å². The molecule has 0 aliphatic rings. The number of aldehydes is 1. The summed E-state index contributed by atoms with van der Waals surface area (Å²) in [6, 6.07) is 8.25. The molecule has 0 bridgehead atoms. The monoisotopic (exact) mass is 389 g/mol. The van der Waals surface area contributed by atoms with Gasteiger partial charge in [0.15, 0.2) is 6.29 Å². The number of nitrogens with zero attached hydrogens (tertiary/aromatic N) is 3. The highest BCUT2D eigenvalue weighted by Crippen LogP contribution is 2.32. The lowest BCUT2D eigenvalue weighted by atomic mass is 9.98. The molecule has 4 nitrogen and oxygen atoms in total. The normalized spacial score (nSPS) is 11.0. The molecule has 0 atom stereocenters. The van der Waals surface area contributed by atoms with Gasteiger partial charge in [0.05, 0.1) is 10.6 Å². The number of likely N-dealkylation sites (N-methyl/N-ethyl adjacent to an activating group) is 2. The van der Waals surface area contributed by atoms with Crippen molar-refractivity contribution in [3.63, 3.8) is 0 Å². The van der Waals surface area contributed by atoms with Crippen LogP contribution in [0.25, 0.3) is 10.6 Å². The van der Waals surface area contributed by atoms with Crippen LogP contribution in [0.5, 0.6) is 0 Å². The van der Waals surface area contributed by atoms with E-state index < -0.39 is 0 Å². The molecule has 2 aromatic rings. The second kappa shape index (κ2) is 12.0. The smallest absolute Gasteiger partial charge is 0.161 e. The molecule has 2 rings (SSSR count). The molecular formula is C22H35N3OS. The van der Waals surface area contributed by atoms with E-state index in [0.29, 0.717) is 5.92 Å². The number of carbonyl (C=O) groups is 1. The Morgan fingerprint density at radius 3 is 2.07 bits per heavy atom. The molecule has 5 heteroatoms. The van der Waals surface area contributed by atoms with E-state index in [0.717, 1.165) is 40.5 Å². The predicted molar refractivity (Wildman–Crippen MR) is 118 cm³/mol. The number of benzene rings is 1. The molecule has 27 heavy (non-hydrogen) atoms. The Hall–Kier alpha value is -1.56. The first kappa shape index (κ1) is 23.5. The first-order valence-corrected chi connectivity index (χ1v) is 10.5.